The number of hydrogen-bond donors (Lipinski definition) is 0. The Bertz CT molecular complexity index is 474. The second kappa shape index (κ2) is 5.17. The Labute approximate surface area is 93.4 Å². The largest absolute Gasteiger partial charge is 0.242 e. The Kier molecular flexibility index (Phi) is 4.17. The van der Waals surface area contributed by atoms with Gasteiger partial charge in [0.25, 0.3) is 0 Å². The molecule has 0 bridgehead atoms. The number of hydrogen-bond acceptors (Lipinski definition) is 3. The lowest BCUT2D eigenvalue weighted by atomic mass is 10.3. The molecule has 14 heavy (non-hydrogen) atoms. The maximum atomic E-state index is 5.22. The number of fused-ring (bicyclic) bond motifs is 1. The van der Waals surface area contributed by atoms with Gasteiger partial charge in [-0.3, -0.25) is 0 Å². The first-order valence-electron chi connectivity index (χ1n) is 4.64. The third kappa shape index (κ3) is 2.36. The molecule has 0 aliphatic carbocycles. The van der Waals surface area contributed by atoms with Gasteiger partial charge in [-0.15, -0.1) is 11.3 Å². The van der Waals surface area contributed by atoms with Crippen LogP contribution in [0.2, 0.25) is 0 Å². The van der Waals surface area contributed by atoms with Crippen molar-refractivity contribution in [3.05, 3.63) is 33.1 Å². The summed E-state index contributed by atoms with van der Waals surface area (Å²) in [6.45, 7) is 5.98. The molecule has 0 spiro atoms. The van der Waals surface area contributed by atoms with Gasteiger partial charge >= 0.3 is 0 Å². The molecule has 0 saturated heterocycles. The number of aromatic nitrogens is 1. The molecule has 0 unspecified atom stereocenters. The average Bonchev–Trinajstić information content (AvgIpc) is 2.20. The predicted molar refractivity (Wildman–Crippen MR) is 66.5 cm³/mol. The van der Waals surface area contributed by atoms with E-state index in [1.807, 2.05) is 45.0 Å². The molecule has 2 rings (SSSR count). The minimum Gasteiger partial charge on any atom is -0.242 e. The summed E-state index contributed by atoms with van der Waals surface area (Å²) in [6, 6.07) is 7.97. The van der Waals surface area contributed by atoms with Gasteiger partial charge in [-0.2, -0.15) is 0 Å². The summed E-state index contributed by atoms with van der Waals surface area (Å²) in [4.78, 5) is 4.39. The van der Waals surface area contributed by atoms with Crippen LogP contribution in [0.1, 0.15) is 18.9 Å². The van der Waals surface area contributed by atoms with Gasteiger partial charge < -0.3 is 0 Å². The molecule has 0 fully saturated rings. The molecule has 1 aromatic heterocycles. The van der Waals surface area contributed by atoms with Gasteiger partial charge in [-0.25, -0.2) is 4.98 Å². The van der Waals surface area contributed by atoms with Crippen molar-refractivity contribution >= 4 is 34.5 Å². The van der Waals surface area contributed by atoms with E-state index in [0.29, 0.717) is 0 Å². The highest BCUT2D eigenvalue weighted by atomic mass is 32.1. The summed E-state index contributed by atoms with van der Waals surface area (Å²) >= 11 is 6.79. The van der Waals surface area contributed by atoms with Crippen LogP contribution >= 0.6 is 23.6 Å². The number of nitrogens with zero attached hydrogens (tertiary/aromatic N) is 1. The van der Waals surface area contributed by atoms with Crippen LogP contribution in [0.5, 0.6) is 0 Å². The normalized spacial score (nSPS) is 9.36. The van der Waals surface area contributed by atoms with Crippen LogP contribution in [0.25, 0.3) is 10.9 Å². The monoisotopic (exact) mass is 223 g/mol. The molecule has 0 amide bonds. The highest BCUT2D eigenvalue weighted by Crippen LogP contribution is 2.17. The van der Waals surface area contributed by atoms with E-state index in [2.05, 4.69) is 4.98 Å². The van der Waals surface area contributed by atoms with E-state index in [0.717, 1.165) is 19.7 Å². The second-order valence-electron chi connectivity index (χ2n) is 2.54. The van der Waals surface area contributed by atoms with Gasteiger partial charge in [0.2, 0.25) is 0 Å². The minimum absolute atomic E-state index is 0.929. The van der Waals surface area contributed by atoms with E-state index in [9.17, 15) is 0 Å². The topological polar surface area (TPSA) is 12.9 Å². The fourth-order valence-electron chi connectivity index (χ4n) is 1.13. The highest BCUT2D eigenvalue weighted by Gasteiger charge is 1.96. The Morgan fingerprint density at radius 1 is 1.21 bits per heavy atom. The van der Waals surface area contributed by atoms with E-state index >= 15 is 0 Å². The molecule has 2 aromatic rings. The van der Waals surface area contributed by atoms with E-state index < -0.39 is 0 Å². The third-order valence-corrected chi connectivity index (χ3v) is 2.90. The molecule has 0 N–H and O–H groups in total. The minimum atomic E-state index is 0.929. The van der Waals surface area contributed by atoms with Crippen molar-refractivity contribution in [3.8, 4) is 0 Å². The molecule has 1 aromatic carbocycles. The van der Waals surface area contributed by atoms with Crippen LogP contribution in [0.4, 0.5) is 0 Å². The van der Waals surface area contributed by atoms with Crippen molar-refractivity contribution in [3.63, 3.8) is 0 Å². The fourth-order valence-corrected chi connectivity index (χ4v) is 2.35. The third-order valence-electron chi connectivity index (χ3n) is 1.64. The highest BCUT2D eigenvalue weighted by molar-refractivity contribution is 7.73. The van der Waals surface area contributed by atoms with Gasteiger partial charge in [-0.05, 0) is 13.0 Å². The van der Waals surface area contributed by atoms with Crippen LogP contribution in [-0.2, 0) is 0 Å². The van der Waals surface area contributed by atoms with Crippen LogP contribution in [-0.4, -0.2) is 4.98 Å². The predicted octanol–water partition coefficient (Wildman–Crippen LogP) is 4.36. The van der Waals surface area contributed by atoms with Gasteiger partial charge in [-0.1, -0.05) is 44.3 Å². The summed E-state index contributed by atoms with van der Waals surface area (Å²) in [5.41, 5.74) is 0.999. The zero-order valence-corrected chi connectivity index (χ0v) is 10.2. The second-order valence-corrected chi connectivity index (χ2v) is 4.41. The lowest BCUT2D eigenvalue weighted by Gasteiger charge is -1.96. The van der Waals surface area contributed by atoms with Gasteiger partial charge in [0, 0.05) is 5.39 Å². The average molecular weight is 223 g/mol. The van der Waals surface area contributed by atoms with Gasteiger partial charge in [0.05, 0.1) is 10.5 Å². The molecule has 0 aliphatic rings. The SMILES string of the molecule is CC.Cc1nc2ccccc2c(=S)s1. The maximum absolute atomic E-state index is 5.22. The summed E-state index contributed by atoms with van der Waals surface area (Å²) in [7, 11) is 0. The van der Waals surface area contributed by atoms with Crippen LogP contribution in [0, 0.1) is 10.7 Å². The molecule has 0 atom stereocenters. The van der Waals surface area contributed by atoms with E-state index in [1.54, 1.807) is 11.3 Å². The zero-order chi connectivity index (χ0) is 10.6. The lowest BCUT2D eigenvalue weighted by Crippen LogP contribution is -1.79. The number of para-hydroxylation sites is 1. The summed E-state index contributed by atoms with van der Waals surface area (Å²) < 4.78 is 0.929. The zero-order valence-electron chi connectivity index (χ0n) is 8.57. The van der Waals surface area contributed by atoms with Crippen LogP contribution < -0.4 is 0 Å². The molecule has 0 saturated carbocycles. The van der Waals surface area contributed by atoms with Gasteiger partial charge in [0.15, 0.2) is 0 Å². The maximum Gasteiger partial charge on any atom is 0.101 e. The molecule has 0 radical (unpaired) electrons. The Hall–Kier alpha value is -0.800. The summed E-state index contributed by atoms with van der Waals surface area (Å²) in [5.74, 6) is 0. The van der Waals surface area contributed by atoms with Gasteiger partial charge in [0.1, 0.15) is 3.82 Å². The quantitative estimate of drug-likeness (QED) is 0.615. The molecule has 74 valence electrons. The van der Waals surface area contributed by atoms with Crippen LogP contribution in [0.15, 0.2) is 24.3 Å². The van der Waals surface area contributed by atoms with E-state index in [-0.39, 0.29) is 0 Å². The van der Waals surface area contributed by atoms with Crippen molar-refractivity contribution in [1.82, 2.24) is 4.98 Å². The van der Waals surface area contributed by atoms with E-state index in [1.165, 1.54) is 0 Å². The molecular formula is C11H13NS2. The molecule has 1 nitrogen and oxygen atoms in total. The van der Waals surface area contributed by atoms with Crippen LogP contribution in [0.3, 0.4) is 0 Å². The van der Waals surface area contributed by atoms with Crippen molar-refractivity contribution in [2.24, 2.45) is 0 Å². The molecule has 0 aliphatic heterocycles. The van der Waals surface area contributed by atoms with Crippen molar-refractivity contribution in [2.45, 2.75) is 20.8 Å². The smallest absolute Gasteiger partial charge is 0.101 e. The fraction of sp³-hybridized carbons (Fsp3) is 0.273. The van der Waals surface area contributed by atoms with Crippen molar-refractivity contribution in [2.75, 3.05) is 0 Å². The first kappa shape index (κ1) is 11.3. The number of benzene rings is 1. The Morgan fingerprint density at radius 2 is 1.86 bits per heavy atom. The molecular weight excluding hydrogens is 210 g/mol. The number of rotatable bonds is 0. The first-order chi connectivity index (χ1) is 6.77. The lowest BCUT2D eigenvalue weighted by molar-refractivity contribution is 1.33. The summed E-state index contributed by atoms with van der Waals surface area (Å²) in [6.07, 6.45) is 0. The molecule has 3 heteroatoms. The first-order valence-corrected chi connectivity index (χ1v) is 5.86. The van der Waals surface area contributed by atoms with Crippen molar-refractivity contribution in [1.29, 1.82) is 0 Å². The van der Waals surface area contributed by atoms with E-state index in [4.69, 9.17) is 12.2 Å². The standard InChI is InChI=1S/C9H7NS2.C2H6/c1-6-10-8-5-3-2-4-7(8)9(11)12-6;1-2/h2-5H,1H3;1-2H3. The summed E-state index contributed by atoms with van der Waals surface area (Å²) in [5, 5.41) is 2.11. The Balaban J connectivity index is 0.000000461. The molecule has 1 heterocycles. The Morgan fingerprint density at radius 3 is 2.57 bits per heavy atom. The number of aryl methyl sites for hydroxylation is 1. The van der Waals surface area contributed by atoms with Crippen molar-refractivity contribution < 1.29 is 0 Å².